The smallest absolute Gasteiger partial charge is 0.269 e. The largest absolute Gasteiger partial charge is 0.350 e. The van der Waals surface area contributed by atoms with E-state index in [1.807, 2.05) is 12.3 Å². The van der Waals surface area contributed by atoms with Gasteiger partial charge in [0, 0.05) is 24.0 Å². The zero-order chi connectivity index (χ0) is 13.7. The molecule has 0 saturated heterocycles. The normalized spacial score (nSPS) is 10.2. The van der Waals surface area contributed by atoms with Crippen molar-refractivity contribution in [3.8, 4) is 0 Å². The van der Waals surface area contributed by atoms with Crippen molar-refractivity contribution in [1.29, 1.82) is 0 Å². The molecule has 2 rings (SSSR count). The van der Waals surface area contributed by atoms with Crippen LogP contribution in [0.25, 0.3) is 0 Å². The number of pyridine rings is 1. The summed E-state index contributed by atoms with van der Waals surface area (Å²) in [6, 6.07) is 3.32. The molecule has 6 nitrogen and oxygen atoms in total. The number of aryl methyl sites for hydroxylation is 1. The van der Waals surface area contributed by atoms with E-state index in [1.165, 1.54) is 6.20 Å². The molecule has 2 heterocycles. The number of carbonyl (C=O) groups excluding carboxylic acids is 1. The molecule has 0 radical (unpaired) electrons. The highest BCUT2D eigenvalue weighted by atomic mass is 32.1. The average Bonchev–Trinajstić information content (AvgIpc) is 2.84. The van der Waals surface area contributed by atoms with Crippen LogP contribution in [0.1, 0.15) is 21.2 Å². The predicted molar refractivity (Wildman–Crippen MR) is 74.9 cm³/mol. The van der Waals surface area contributed by atoms with Crippen molar-refractivity contribution in [1.82, 2.24) is 15.3 Å². The zero-order valence-electron chi connectivity index (χ0n) is 10.5. The van der Waals surface area contributed by atoms with E-state index in [1.54, 1.807) is 23.5 Å². The molecule has 0 spiro atoms. The van der Waals surface area contributed by atoms with Crippen LogP contribution in [0.15, 0.2) is 23.7 Å². The first kappa shape index (κ1) is 13.4. The maximum absolute atomic E-state index is 11.8. The lowest BCUT2D eigenvalue weighted by molar-refractivity contribution is 0.0949. The Morgan fingerprint density at radius 2 is 2.32 bits per heavy atom. The molecule has 0 unspecified atom stereocenters. The molecule has 0 atom stereocenters. The van der Waals surface area contributed by atoms with Crippen LogP contribution in [0.5, 0.6) is 0 Å². The first-order chi connectivity index (χ1) is 9.19. The Hall–Kier alpha value is -1.99. The second kappa shape index (κ2) is 6.26. The van der Waals surface area contributed by atoms with E-state index in [0.29, 0.717) is 17.9 Å². The maximum Gasteiger partial charge on any atom is 0.269 e. The van der Waals surface area contributed by atoms with Crippen LogP contribution >= 0.6 is 11.3 Å². The number of nitrogens with zero attached hydrogens (tertiary/aromatic N) is 2. The molecule has 0 aliphatic rings. The third kappa shape index (κ3) is 3.73. The van der Waals surface area contributed by atoms with Crippen molar-refractivity contribution in [2.24, 2.45) is 5.84 Å². The van der Waals surface area contributed by atoms with E-state index >= 15 is 0 Å². The maximum atomic E-state index is 11.8. The second-order valence-corrected chi connectivity index (χ2v) is 4.91. The average molecular weight is 277 g/mol. The molecule has 19 heavy (non-hydrogen) atoms. The van der Waals surface area contributed by atoms with E-state index in [-0.39, 0.29) is 5.91 Å². The van der Waals surface area contributed by atoms with Gasteiger partial charge in [-0.3, -0.25) is 10.6 Å². The number of anilines is 1. The minimum atomic E-state index is -0.197. The summed E-state index contributed by atoms with van der Waals surface area (Å²) in [7, 11) is 0. The summed E-state index contributed by atoms with van der Waals surface area (Å²) in [5, 5.41) is 5.83. The number of hydrogen-bond acceptors (Lipinski definition) is 6. The van der Waals surface area contributed by atoms with Crippen LogP contribution in [-0.2, 0) is 6.42 Å². The summed E-state index contributed by atoms with van der Waals surface area (Å²) in [5.74, 6) is 5.03. The van der Waals surface area contributed by atoms with Gasteiger partial charge in [-0.05, 0) is 19.1 Å². The first-order valence-electron chi connectivity index (χ1n) is 5.81. The molecule has 4 N–H and O–H groups in total. The molecular formula is C12H15N5OS. The topological polar surface area (TPSA) is 92.9 Å². The molecule has 0 aliphatic carbocycles. The van der Waals surface area contributed by atoms with E-state index in [9.17, 15) is 4.79 Å². The Morgan fingerprint density at radius 3 is 2.89 bits per heavy atom. The molecule has 0 aromatic carbocycles. The minimum Gasteiger partial charge on any atom is -0.350 e. The Bertz CT molecular complexity index is 552. The number of nitrogen functional groups attached to an aromatic ring is 1. The predicted octanol–water partition coefficient (Wildman–Crippen LogP) is 1.10. The quantitative estimate of drug-likeness (QED) is 0.562. The number of amides is 1. The Kier molecular flexibility index (Phi) is 4.43. The number of aromatic nitrogens is 2. The van der Waals surface area contributed by atoms with Gasteiger partial charge in [0.05, 0.1) is 16.9 Å². The summed E-state index contributed by atoms with van der Waals surface area (Å²) in [4.78, 5) is 20.1. The zero-order valence-corrected chi connectivity index (χ0v) is 11.3. The molecule has 2 aromatic heterocycles. The molecule has 0 aliphatic heterocycles. The van der Waals surface area contributed by atoms with E-state index in [0.717, 1.165) is 17.1 Å². The van der Waals surface area contributed by atoms with Crippen LogP contribution in [0.2, 0.25) is 0 Å². The summed E-state index contributed by atoms with van der Waals surface area (Å²) >= 11 is 1.60. The molecule has 0 fully saturated rings. The summed E-state index contributed by atoms with van der Waals surface area (Å²) in [6.07, 6.45) is 2.24. The number of hydrazine groups is 1. The molecule has 0 saturated carbocycles. The lowest BCUT2D eigenvalue weighted by Gasteiger charge is -2.04. The SMILES string of the molecule is Cc1csc(CCNC(=O)c2ccc(NN)cn2)n1. The van der Waals surface area contributed by atoms with E-state index < -0.39 is 0 Å². The third-order valence-corrected chi connectivity index (χ3v) is 3.48. The van der Waals surface area contributed by atoms with Crippen molar-refractivity contribution in [2.45, 2.75) is 13.3 Å². The number of thiazole rings is 1. The van der Waals surface area contributed by atoms with Gasteiger partial charge >= 0.3 is 0 Å². The van der Waals surface area contributed by atoms with Gasteiger partial charge in [0.2, 0.25) is 0 Å². The van der Waals surface area contributed by atoms with Crippen molar-refractivity contribution in [3.63, 3.8) is 0 Å². The second-order valence-electron chi connectivity index (χ2n) is 3.96. The number of nitrogens with two attached hydrogens (primary N) is 1. The number of carbonyl (C=O) groups is 1. The number of hydrogen-bond donors (Lipinski definition) is 3. The Balaban J connectivity index is 1.83. The highest BCUT2D eigenvalue weighted by Gasteiger charge is 2.07. The van der Waals surface area contributed by atoms with Crippen LogP contribution in [0, 0.1) is 6.92 Å². The highest BCUT2D eigenvalue weighted by molar-refractivity contribution is 7.09. The van der Waals surface area contributed by atoms with Crippen LogP contribution in [0.3, 0.4) is 0 Å². The number of nitrogens with one attached hydrogen (secondary N) is 2. The highest BCUT2D eigenvalue weighted by Crippen LogP contribution is 2.08. The first-order valence-corrected chi connectivity index (χ1v) is 6.69. The fourth-order valence-electron chi connectivity index (χ4n) is 1.50. The van der Waals surface area contributed by atoms with Crippen molar-refractivity contribution in [2.75, 3.05) is 12.0 Å². The van der Waals surface area contributed by atoms with Crippen molar-refractivity contribution >= 4 is 22.9 Å². The standard InChI is InChI=1S/C12H15N5OS/c1-8-7-19-11(16-8)4-5-14-12(18)10-3-2-9(17-13)6-15-10/h2-3,6-7,17H,4-5,13H2,1H3,(H,14,18). The minimum absolute atomic E-state index is 0.197. The summed E-state index contributed by atoms with van der Waals surface area (Å²) < 4.78 is 0. The van der Waals surface area contributed by atoms with Crippen molar-refractivity contribution in [3.05, 3.63) is 40.1 Å². The van der Waals surface area contributed by atoms with Gasteiger partial charge in [0.25, 0.3) is 5.91 Å². The van der Waals surface area contributed by atoms with Crippen LogP contribution in [0.4, 0.5) is 5.69 Å². The number of rotatable bonds is 5. The van der Waals surface area contributed by atoms with Crippen molar-refractivity contribution < 1.29 is 4.79 Å². The monoisotopic (exact) mass is 277 g/mol. The summed E-state index contributed by atoms with van der Waals surface area (Å²) in [5.41, 5.74) is 4.50. The van der Waals surface area contributed by atoms with Gasteiger partial charge in [-0.25, -0.2) is 9.97 Å². The molecule has 0 bridgehead atoms. The molecule has 7 heteroatoms. The van der Waals surface area contributed by atoms with E-state index in [2.05, 4.69) is 20.7 Å². The van der Waals surface area contributed by atoms with Gasteiger partial charge in [-0.2, -0.15) is 0 Å². The fourth-order valence-corrected chi connectivity index (χ4v) is 2.28. The molecule has 100 valence electrons. The molecule has 2 aromatic rings. The third-order valence-electron chi connectivity index (χ3n) is 2.45. The Morgan fingerprint density at radius 1 is 1.47 bits per heavy atom. The lowest BCUT2D eigenvalue weighted by Crippen LogP contribution is -2.26. The summed E-state index contributed by atoms with van der Waals surface area (Å²) in [6.45, 7) is 2.50. The molecular weight excluding hydrogens is 262 g/mol. The van der Waals surface area contributed by atoms with Gasteiger partial charge in [-0.1, -0.05) is 0 Å². The molecule has 1 amide bonds. The van der Waals surface area contributed by atoms with Crippen LogP contribution < -0.4 is 16.6 Å². The van der Waals surface area contributed by atoms with Crippen LogP contribution in [-0.4, -0.2) is 22.4 Å². The van der Waals surface area contributed by atoms with Gasteiger partial charge < -0.3 is 10.7 Å². The lowest BCUT2D eigenvalue weighted by atomic mass is 10.3. The van der Waals surface area contributed by atoms with Gasteiger partial charge in [0.1, 0.15) is 5.69 Å². The van der Waals surface area contributed by atoms with E-state index in [4.69, 9.17) is 5.84 Å². The van der Waals surface area contributed by atoms with Gasteiger partial charge in [0.15, 0.2) is 0 Å². The Labute approximate surface area is 115 Å². The van der Waals surface area contributed by atoms with Gasteiger partial charge in [-0.15, -0.1) is 11.3 Å². The fraction of sp³-hybridized carbons (Fsp3) is 0.250.